The first-order valence-electron chi connectivity index (χ1n) is 7.46. The Balaban J connectivity index is 2.56. The Labute approximate surface area is 131 Å². The molecule has 0 spiro atoms. The molecular weight excluding hydrogens is 317 g/mol. The Kier molecular flexibility index (Phi) is 6.40. The predicted molar refractivity (Wildman–Crippen MR) is 74.4 cm³/mol. The lowest BCUT2D eigenvalue weighted by Crippen LogP contribution is -2.57. The number of carbonyl (C=O) groups is 3. The van der Waals surface area contributed by atoms with Gasteiger partial charge in [0.25, 0.3) is 0 Å². The minimum Gasteiger partial charge on any atom is -0.480 e. The molecular formula is C14H21F3N2O4. The lowest BCUT2D eigenvalue weighted by molar-refractivity contribution is -0.150. The Morgan fingerprint density at radius 3 is 2.17 bits per heavy atom. The van der Waals surface area contributed by atoms with Gasteiger partial charge in [0.1, 0.15) is 18.5 Å². The Morgan fingerprint density at radius 1 is 1.17 bits per heavy atom. The van der Waals surface area contributed by atoms with E-state index in [4.69, 9.17) is 0 Å². The second-order valence-corrected chi connectivity index (χ2v) is 5.86. The third-order valence-electron chi connectivity index (χ3n) is 4.13. The van der Waals surface area contributed by atoms with Crippen molar-refractivity contribution in [3.63, 3.8) is 0 Å². The highest BCUT2D eigenvalue weighted by molar-refractivity contribution is 5.99. The van der Waals surface area contributed by atoms with E-state index in [0.29, 0.717) is 18.8 Å². The van der Waals surface area contributed by atoms with Crippen molar-refractivity contribution < 1.29 is 32.7 Å². The molecule has 0 bridgehead atoms. The van der Waals surface area contributed by atoms with Gasteiger partial charge in [-0.2, -0.15) is 13.2 Å². The summed E-state index contributed by atoms with van der Waals surface area (Å²) in [5.74, 6) is -2.77. The van der Waals surface area contributed by atoms with Crippen LogP contribution in [0.3, 0.4) is 0 Å². The highest BCUT2D eigenvalue weighted by atomic mass is 19.4. The van der Waals surface area contributed by atoms with E-state index in [1.807, 2.05) is 6.92 Å². The molecule has 1 saturated carbocycles. The molecule has 1 aliphatic rings. The molecule has 0 aromatic carbocycles. The van der Waals surface area contributed by atoms with Gasteiger partial charge < -0.3 is 15.7 Å². The highest BCUT2D eigenvalue weighted by Gasteiger charge is 2.43. The van der Waals surface area contributed by atoms with Gasteiger partial charge in [0.2, 0.25) is 11.8 Å². The smallest absolute Gasteiger partial charge is 0.405 e. The maximum Gasteiger partial charge on any atom is 0.405 e. The fourth-order valence-corrected chi connectivity index (χ4v) is 2.69. The second kappa shape index (κ2) is 7.65. The third kappa shape index (κ3) is 6.07. The molecule has 2 amide bonds. The molecule has 0 aliphatic heterocycles. The van der Waals surface area contributed by atoms with Gasteiger partial charge in [-0.05, 0) is 31.6 Å². The highest BCUT2D eigenvalue weighted by Crippen LogP contribution is 2.34. The van der Waals surface area contributed by atoms with E-state index in [1.165, 1.54) is 0 Å². The van der Waals surface area contributed by atoms with Crippen LogP contribution >= 0.6 is 0 Å². The van der Waals surface area contributed by atoms with E-state index in [-0.39, 0.29) is 12.8 Å². The summed E-state index contributed by atoms with van der Waals surface area (Å²) in [7, 11) is 0. The first-order valence-corrected chi connectivity index (χ1v) is 7.46. The average molecular weight is 338 g/mol. The van der Waals surface area contributed by atoms with E-state index in [2.05, 4.69) is 5.32 Å². The molecule has 9 heteroatoms. The maximum absolute atomic E-state index is 12.0. The molecule has 3 N–H and O–H groups in total. The van der Waals surface area contributed by atoms with Crippen LogP contribution in [0.1, 0.15) is 45.4 Å². The molecule has 0 aromatic rings. The summed E-state index contributed by atoms with van der Waals surface area (Å²) in [6.07, 6.45) is -2.70. The second-order valence-electron chi connectivity index (χ2n) is 5.86. The van der Waals surface area contributed by atoms with E-state index in [0.717, 1.165) is 6.42 Å². The topological polar surface area (TPSA) is 95.5 Å². The Morgan fingerprint density at radius 2 is 1.74 bits per heavy atom. The minimum absolute atomic E-state index is 0.247. The largest absolute Gasteiger partial charge is 0.480 e. The quantitative estimate of drug-likeness (QED) is 0.641. The molecule has 0 unspecified atom stereocenters. The zero-order valence-corrected chi connectivity index (χ0v) is 12.8. The van der Waals surface area contributed by atoms with Crippen molar-refractivity contribution >= 4 is 17.8 Å². The molecule has 132 valence electrons. The number of nitrogens with one attached hydrogen (secondary N) is 2. The summed E-state index contributed by atoms with van der Waals surface area (Å²) in [4.78, 5) is 34.6. The summed E-state index contributed by atoms with van der Waals surface area (Å²) in [5.41, 5.74) is -1.44. The van der Waals surface area contributed by atoms with Gasteiger partial charge in [-0.15, -0.1) is 0 Å². The number of amides is 2. The van der Waals surface area contributed by atoms with Gasteiger partial charge in [0, 0.05) is 0 Å². The van der Waals surface area contributed by atoms with Crippen LogP contribution in [-0.4, -0.2) is 41.2 Å². The molecule has 0 saturated heterocycles. The predicted octanol–water partition coefficient (Wildman–Crippen LogP) is 1.59. The molecule has 6 nitrogen and oxygen atoms in total. The van der Waals surface area contributed by atoms with Crippen molar-refractivity contribution in [2.24, 2.45) is 5.92 Å². The number of hydrogen-bond acceptors (Lipinski definition) is 3. The summed E-state index contributed by atoms with van der Waals surface area (Å²) in [5, 5.41) is 13.3. The van der Waals surface area contributed by atoms with E-state index in [9.17, 15) is 32.7 Å². The fraction of sp³-hybridized carbons (Fsp3) is 0.786. The lowest BCUT2D eigenvalue weighted by atomic mass is 9.75. The van der Waals surface area contributed by atoms with Crippen molar-refractivity contribution in [1.82, 2.24) is 10.6 Å². The summed E-state index contributed by atoms with van der Waals surface area (Å²) < 4.78 is 35.9. The van der Waals surface area contributed by atoms with Crippen LogP contribution in [0.25, 0.3) is 0 Å². The van der Waals surface area contributed by atoms with E-state index < -0.39 is 42.5 Å². The molecule has 0 radical (unpaired) electrons. The van der Waals surface area contributed by atoms with E-state index in [1.54, 1.807) is 5.32 Å². The first-order chi connectivity index (χ1) is 10.6. The van der Waals surface area contributed by atoms with Crippen molar-refractivity contribution in [3.05, 3.63) is 0 Å². The maximum atomic E-state index is 12.0. The SMILES string of the molecule is CCC1CCC(NC(=O)CC(=O)NCC(F)(F)F)(C(=O)O)CC1. The standard InChI is InChI=1S/C14H21F3N2O4/c1-2-9-3-5-13(6-4-9,12(22)23)19-11(21)7-10(20)18-8-14(15,16)17/h9H,2-8H2,1H3,(H,18,20)(H,19,21)(H,22,23). The monoisotopic (exact) mass is 338 g/mol. The van der Waals surface area contributed by atoms with Gasteiger partial charge in [-0.25, -0.2) is 4.79 Å². The molecule has 23 heavy (non-hydrogen) atoms. The van der Waals surface area contributed by atoms with E-state index >= 15 is 0 Å². The number of rotatable bonds is 6. The van der Waals surface area contributed by atoms with Crippen LogP contribution in [0, 0.1) is 5.92 Å². The summed E-state index contributed by atoms with van der Waals surface area (Å²) >= 11 is 0. The molecule has 1 rings (SSSR count). The van der Waals surface area contributed by atoms with Crippen LogP contribution in [0.5, 0.6) is 0 Å². The van der Waals surface area contributed by atoms with Crippen LogP contribution < -0.4 is 10.6 Å². The normalized spacial score (nSPS) is 24.8. The first kappa shape index (κ1) is 19.2. The minimum atomic E-state index is -4.56. The summed E-state index contributed by atoms with van der Waals surface area (Å²) in [6.45, 7) is 0.476. The fourth-order valence-electron chi connectivity index (χ4n) is 2.69. The number of alkyl halides is 3. The van der Waals surface area contributed by atoms with Gasteiger partial charge in [0.05, 0.1) is 0 Å². The molecule has 0 aromatic heterocycles. The number of carboxylic acid groups (broad SMARTS) is 1. The average Bonchev–Trinajstić information content (AvgIpc) is 2.45. The van der Waals surface area contributed by atoms with Gasteiger partial charge in [-0.1, -0.05) is 13.3 Å². The van der Waals surface area contributed by atoms with Gasteiger partial charge in [-0.3, -0.25) is 9.59 Å². The Hall–Kier alpha value is -1.80. The van der Waals surface area contributed by atoms with Crippen molar-refractivity contribution in [3.8, 4) is 0 Å². The lowest BCUT2D eigenvalue weighted by Gasteiger charge is -2.37. The zero-order valence-electron chi connectivity index (χ0n) is 12.8. The van der Waals surface area contributed by atoms with Gasteiger partial charge in [0.15, 0.2) is 0 Å². The third-order valence-corrected chi connectivity index (χ3v) is 4.13. The van der Waals surface area contributed by atoms with Crippen LogP contribution in [0.4, 0.5) is 13.2 Å². The zero-order chi connectivity index (χ0) is 17.7. The van der Waals surface area contributed by atoms with Crippen LogP contribution in [0.2, 0.25) is 0 Å². The van der Waals surface area contributed by atoms with Crippen molar-refractivity contribution in [1.29, 1.82) is 0 Å². The summed E-state index contributed by atoms with van der Waals surface area (Å²) in [6, 6.07) is 0. The molecule has 1 fully saturated rings. The van der Waals surface area contributed by atoms with Crippen LogP contribution in [0.15, 0.2) is 0 Å². The molecule has 0 atom stereocenters. The van der Waals surface area contributed by atoms with Crippen LogP contribution in [-0.2, 0) is 14.4 Å². The number of hydrogen-bond donors (Lipinski definition) is 3. The van der Waals surface area contributed by atoms with Crippen molar-refractivity contribution in [2.45, 2.75) is 57.2 Å². The number of carboxylic acids is 1. The number of halogens is 3. The number of aliphatic carboxylic acids is 1. The van der Waals surface area contributed by atoms with Crippen molar-refractivity contribution in [2.75, 3.05) is 6.54 Å². The van der Waals surface area contributed by atoms with Gasteiger partial charge >= 0.3 is 12.1 Å². The Bertz CT molecular complexity index is 457. The molecule has 0 heterocycles. The molecule has 1 aliphatic carbocycles. The number of carbonyl (C=O) groups excluding carboxylic acids is 2.